The highest BCUT2D eigenvalue weighted by atomic mass is 32.2. The zero-order valence-corrected chi connectivity index (χ0v) is 10.5. The van der Waals surface area contributed by atoms with Crippen LogP contribution in [0.5, 0.6) is 0 Å². The lowest BCUT2D eigenvalue weighted by Crippen LogP contribution is -2.19. The van der Waals surface area contributed by atoms with Crippen LogP contribution in [0.4, 0.5) is 5.69 Å². The van der Waals surface area contributed by atoms with E-state index in [1.54, 1.807) is 12.1 Å². The molecule has 0 aliphatic carbocycles. The Labute approximate surface area is 105 Å². The quantitative estimate of drug-likeness (QED) is 0.890. The molecule has 0 aromatic heterocycles. The van der Waals surface area contributed by atoms with Gasteiger partial charge in [0.15, 0.2) is 9.84 Å². The molecule has 5 nitrogen and oxygen atoms in total. The molecule has 0 atom stereocenters. The first-order valence-corrected chi connectivity index (χ1v) is 7.20. The largest absolute Gasteiger partial charge is 0.326 e. The number of hydrogen-bond acceptors (Lipinski definition) is 4. The molecule has 0 fully saturated rings. The molecule has 1 N–H and O–H groups in total. The number of nitrogens with one attached hydrogen (secondary N) is 1. The lowest BCUT2D eigenvalue weighted by Gasteiger charge is -2.17. The predicted molar refractivity (Wildman–Crippen MR) is 65.7 cm³/mol. The van der Waals surface area contributed by atoms with Crippen LogP contribution in [0, 0.1) is 11.3 Å². The third kappa shape index (κ3) is 2.51. The Balaban J connectivity index is 2.32. The van der Waals surface area contributed by atoms with Crippen LogP contribution in [0.3, 0.4) is 0 Å². The minimum Gasteiger partial charge on any atom is -0.326 e. The summed E-state index contributed by atoms with van der Waals surface area (Å²) in [5.74, 6) is -0.225. The van der Waals surface area contributed by atoms with Crippen molar-refractivity contribution in [3.05, 3.63) is 23.8 Å². The van der Waals surface area contributed by atoms with Crippen LogP contribution < -0.4 is 5.32 Å². The number of carbonyl (C=O) groups is 1. The fourth-order valence-corrected chi connectivity index (χ4v) is 3.04. The molecule has 1 aliphatic heterocycles. The van der Waals surface area contributed by atoms with Crippen LogP contribution >= 0.6 is 0 Å². The van der Waals surface area contributed by atoms with E-state index in [2.05, 4.69) is 5.32 Å². The summed E-state index contributed by atoms with van der Waals surface area (Å²) in [4.78, 5) is 11.4. The lowest BCUT2D eigenvalue weighted by atomic mass is 10.0. The molecule has 1 amide bonds. The van der Waals surface area contributed by atoms with Crippen LogP contribution in [0.1, 0.15) is 18.4 Å². The van der Waals surface area contributed by atoms with Crippen LogP contribution in [-0.2, 0) is 21.1 Å². The summed E-state index contributed by atoms with van der Waals surface area (Å²) in [6.45, 7) is 0. The second kappa shape index (κ2) is 4.78. The van der Waals surface area contributed by atoms with Crippen molar-refractivity contribution in [3.8, 4) is 6.07 Å². The second-order valence-corrected chi connectivity index (χ2v) is 6.20. The monoisotopic (exact) mass is 264 g/mol. The summed E-state index contributed by atoms with van der Waals surface area (Å²) >= 11 is 0. The van der Waals surface area contributed by atoms with Crippen LogP contribution in [0.15, 0.2) is 23.1 Å². The van der Waals surface area contributed by atoms with Crippen LogP contribution in [0.2, 0.25) is 0 Å². The van der Waals surface area contributed by atoms with E-state index in [4.69, 9.17) is 5.26 Å². The summed E-state index contributed by atoms with van der Waals surface area (Å²) in [5.41, 5.74) is 1.50. The van der Waals surface area contributed by atoms with Crippen molar-refractivity contribution in [3.63, 3.8) is 0 Å². The standard InChI is InChI=1S/C12H12N2O3S/c13-6-1-7-18(16,17)10-3-4-11-9(8-10)2-5-12(15)14-11/h3-4,8H,1-2,5,7H2,(H,14,15). The highest BCUT2D eigenvalue weighted by Crippen LogP contribution is 2.26. The van der Waals surface area contributed by atoms with E-state index in [9.17, 15) is 13.2 Å². The first-order valence-electron chi connectivity index (χ1n) is 5.55. The van der Waals surface area contributed by atoms with Crippen molar-refractivity contribution in [2.75, 3.05) is 11.1 Å². The first-order chi connectivity index (χ1) is 8.53. The molecule has 1 heterocycles. The van der Waals surface area contributed by atoms with Gasteiger partial charge in [-0.05, 0) is 30.2 Å². The van der Waals surface area contributed by atoms with Gasteiger partial charge < -0.3 is 5.32 Å². The van der Waals surface area contributed by atoms with E-state index in [1.165, 1.54) is 6.07 Å². The average Bonchev–Trinajstić information content (AvgIpc) is 2.35. The zero-order chi connectivity index (χ0) is 13.2. The molecule has 1 aliphatic rings. The first kappa shape index (κ1) is 12.6. The predicted octanol–water partition coefficient (Wildman–Crippen LogP) is 1.26. The Morgan fingerprint density at radius 1 is 1.33 bits per heavy atom. The third-order valence-electron chi connectivity index (χ3n) is 2.81. The molecule has 0 unspecified atom stereocenters. The Morgan fingerprint density at radius 3 is 2.83 bits per heavy atom. The number of nitrogens with zero attached hydrogens (tertiary/aromatic N) is 1. The Morgan fingerprint density at radius 2 is 2.11 bits per heavy atom. The molecule has 0 saturated heterocycles. The normalized spacial score (nSPS) is 14.5. The topological polar surface area (TPSA) is 87.0 Å². The van der Waals surface area contributed by atoms with E-state index in [0.29, 0.717) is 18.5 Å². The van der Waals surface area contributed by atoms with Gasteiger partial charge >= 0.3 is 0 Å². The summed E-state index contributed by atoms with van der Waals surface area (Å²) in [6.07, 6.45) is 0.896. The number of hydrogen-bond donors (Lipinski definition) is 1. The molecule has 0 saturated carbocycles. The number of aryl methyl sites for hydroxylation is 1. The molecule has 1 aromatic rings. The Bertz CT molecular complexity index is 629. The van der Waals surface area contributed by atoms with Crippen molar-refractivity contribution in [2.45, 2.75) is 24.2 Å². The van der Waals surface area contributed by atoms with Gasteiger partial charge in [0, 0.05) is 18.5 Å². The van der Waals surface area contributed by atoms with Crippen molar-refractivity contribution in [2.24, 2.45) is 0 Å². The SMILES string of the molecule is N#CCCS(=O)(=O)c1ccc2c(c1)CCC(=O)N2. The Kier molecular flexibility index (Phi) is 3.34. The number of benzene rings is 1. The van der Waals surface area contributed by atoms with Gasteiger partial charge in [-0.1, -0.05) is 0 Å². The lowest BCUT2D eigenvalue weighted by molar-refractivity contribution is -0.116. The highest BCUT2D eigenvalue weighted by molar-refractivity contribution is 7.91. The number of carbonyl (C=O) groups excluding carboxylic acids is 1. The maximum Gasteiger partial charge on any atom is 0.224 e. The maximum absolute atomic E-state index is 11.9. The number of anilines is 1. The molecule has 0 spiro atoms. The van der Waals surface area contributed by atoms with E-state index >= 15 is 0 Å². The van der Waals surface area contributed by atoms with E-state index in [0.717, 1.165) is 5.56 Å². The molecule has 2 rings (SSSR count). The van der Waals surface area contributed by atoms with Crippen LogP contribution in [0.25, 0.3) is 0 Å². The maximum atomic E-state index is 11.9. The molecular weight excluding hydrogens is 252 g/mol. The molecule has 1 aromatic carbocycles. The van der Waals surface area contributed by atoms with Gasteiger partial charge in [0.1, 0.15) is 0 Å². The van der Waals surface area contributed by atoms with E-state index < -0.39 is 9.84 Å². The summed E-state index contributed by atoms with van der Waals surface area (Å²) in [7, 11) is -3.40. The van der Waals surface area contributed by atoms with Crippen molar-refractivity contribution in [1.82, 2.24) is 0 Å². The van der Waals surface area contributed by atoms with Gasteiger partial charge in [0.25, 0.3) is 0 Å². The van der Waals surface area contributed by atoms with Gasteiger partial charge in [0.05, 0.1) is 16.7 Å². The van der Waals surface area contributed by atoms with Gasteiger partial charge in [-0.15, -0.1) is 0 Å². The van der Waals surface area contributed by atoms with Gasteiger partial charge in [-0.25, -0.2) is 8.42 Å². The minimum atomic E-state index is -3.40. The minimum absolute atomic E-state index is 0.0177. The number of fused-ring (bicyclic) bond motifs is 1. The summed E-state index contributed by atoms with van der Waals surface area (Å²) in [5, 5.41) is 11.1. The fraction of sp³-hybridized carbons (Fsp3) is 0.333. The smallest absolute Gasteiger partial charge is 0.224 e. The molecule has 18 heavy (non-hydrogen) atoms. The zero-order valence-electron chi connectivity index (χ0n) is 9.64. The summed E-state index contributed by atoms with van der Waals surface area (Å²) < 4.78 is 23.8. The molecule has 0 bridgehead atoms. The van der Waals surface area contributed by atoms with E-state index in [1.807, 2.05) is 6.07 Å². The Hall–Kier alpha value is -1.87. The van der Waals surface area contributed by atoms with Gasteiger partial charge in [-0.2, -0.15) is 5.26 Å². The van der Waals surface area contributed by atoms with Gasteiger partial charge in [-0.3, -0.25) is 4.79 Å². The van der Waals surface area contributed by atoms with Crippen molar-refractivity contribution < 1.29 is 13.2 Å². The molecule has 94 valence electrons. The van der Waals surface area contributed by atoms with E-state index in [-0.39, 0.29) is 23.0 Å². The second-order valence-electron chi connectivity index (χ2n) is 4.09. The summed E-state index contributed by atoms with van der Waals surface area (Å²) in [6, 6.07) is 6.48. The number of nitriles is 1. The van der Waals surface area contributed by atoms with Crippen molar-refractivity contribution >= 4 is 21.4 Å². The number of sulfone groups is 1. The van der Waals surface area contributed by atoms with Crippen LogP contribution in [-0.4, -0.2) is 20.1 Å². The molecule has 0 radical (unpaired) electrons. The fourth-order valence-electron chi connectivity index (χ4n) is 1.85. The molecular formula is C12H12N2O3S. The average molecular weight is 264 g/mol. The third-order valence-corrected chi connectivity index (χ3v) is 4.53. The molecule has 6 heteroatoms. The highest BCUT2D eigenvalue weighted by Gasteiger charge is 2.19. The van der Waals surface area contributed by atoms with Crippen molar-refractivity contribution in [1.29, 1.82) is 5.26 Å². The number of rotatable bonds is 3. The van der Waals surface area contributed by atoms with Gasteiger partial charge in [0.2, 0.25) is 5.91 Å². The number of amides is 1.